The maximum Gasteiger partial charge on any atom is 0.269 e. The normalized spacial score (nSPS) is 22.3. The third-order valence-corrected chi connectivity index (χ3v) is 4.17. The van der Waals surface area contributed by atoms with E-state index in [-0.39, 0.29) is 5.91 Å². The summed E-state index contributed by atoms with van der Waals surface area (Å²) in [4.78, 5) is 16.1. The fraction of sp³-hybridized carbons (Fsp3) is 0.625. The van der Waals surface area contributed by atoms with Gasteiger partial charge in [-0.05, 0) is 36.8 Å². The van der Waals surface area contributed by atoms with Gasteiger partial charge >= 0.3 is 0 Å². The fourth-order valence-corrected chi connectivity index (χ4v) is 2.98. The topological polar surface area (TPSA) is 54.0 Å². The number of rotatable bonds is 5. The number of anilines is 1. The first-order chi connectivity index (χ1) is 9.69. The Kier molecular flexibility index (Phi) is 5.39. The molecular formula is C16H25N3O. The largest absolute Gasteiger partial charge is 0.387 e. The van der Waals surface area contributed by atoms with Gasteiger partial charge in [0, 0.05) is 13.6 Å². The van der Waals surface area contributed by atoms with Crippen LogP contribution >= 0.6 is 0 Å². The highest BCUT2D eigenvalue weighted by atomic mass is 16.1. The number of carbonyl (C=O) groups excluding carboxylic acids is 1. The second-order valence-corrected chi connectivity index (χ2v) is 5.86. The molecule has 0 bridgehead atoms. The zero-order chi connectivity index (χ0) is 14.4. The number of hydrogen-bond donors (Lipinski definition) is 2. The van der Waals surface area contributed by atoms with Gasteiger partial charge in [0.2, 0.25) is 0 Å². The minimum absolute atomic E-state index is 0.0727. The van der Waals surface area contributed by atoms with E-state index in [2.05, 4.69) is 22.5 Å². The van der Waals surface area contributed by atoms with Gasteiger partial charge in [-0.3, -0.25) is 4.79 Å². The summed E-state index contributed by atoms with van der Waals surface area (Å²) in [7, 11) is 1.84. The fourth-order valence-electron chi connectivity index (χ4n) is 2.98. The second kappa shape index (κ2) is 7.27. The van der Waals surface area contributed by atoms with Gasteiger partial charge in [-0.25, -0.2) is 4.98 Å². The molecule has 110 valence electrons. The second-order valence-electron chi connectivity index (χ2n) is 5.86. The van der Waals surface area contributed by atoms with Crippen LogP contribution in [-0.2, 0) is 0 Å². The van der Waals surface area contributed by atoms with Gasteiger partial charge in [-0.1, -0.05) is 26.2 Å². The Balaban J connectivity index is 1.74. The van der Waals surface area contributed by atoms with E-state index in [4.69, 9.17) is 0 Å². The lowest BCUT2D eigenvalue weighted by Gasteiger charge is -2.26. The van der Waals surface area contributed by atoms with E-state index in [1.807, 2.05) is 13.1 Å². The first-order valence-corrected chi connectivity index (χ1v) is 7.61. The molecule has 2 N–H and O–H groups in total. The maximum absolute atomic E-state index is 12.0. The van der Waals surface area contributed by atoms with Crippen molar-refractivity contribution in [3.8, 4) is 0 Å². The number of nitrogens with one attached hydrogen (secondary N) is 2. The van der Waals surface area contributed by atoms with Gasteiger partial charge in [-0.2, -0.15) is 0 Å². The molecule has 1 saturated carbocycles. The summed E-state index contributed by atoms with van der Waals surface area (Å²) >= 11 is 0. The van der Waals surface area contributed by atoms with Gasteiger partial charge in [0.1, 0.15) is 5.69 Å². The zero-order valence-electron chi connectivity index (χ0n) is 12.5. The lowest BCUT2D eigenvalue weighted by molar-refractivity contribution is 0.0944. The molecule has 1 fully saturated rings. The van der Waals surface area contributed by atoms with Gasteiger partial charge in [-0.15, -0.1) is 0 Å². The quantitative estimate of drug-likeness (QED) is 0.868. The number of aromatic nitrogens is 1. The molecule has 1 aromatic heterocycles. The summed E-state index contributed by atoms with van der Waals surface area (Å²) in [6.07, 6.45) is 8.10. The molecular weight excluding hydrogens is 250 g/mol. The highest BCUT2D eigenvalue weighted by Gasteiger charge is 2.18. The Morgan fingerprint density at radius 2 is 2.25 bits per heavy atom. The Bertz CT molecular complexity index is 430. The van der Waals surface area contributed by atoms with Crippen LogP contribution in [0.5, 0.6) is 0 Å². The van der Waals surface area contributed by atoms with Gasteiger partial charge < -0.3 is 10.6 Å². The van der Waals surface area contributed by atoms with Crippen molar-refractivity contribution in [2.24, 2.45) is 11.8 Å². The van der Waals surface area contributed by atoms with E-state index in [0.717, 1.165) is 30.5 Å². The van der Waals surface area contributed by atoms with Crippen LogP contribution in [0.15, 0.2) is 18.3 Å². The first-order valence-electron chi connectivity index (χ1n) is 7.61. The summed E-state index contributed by atoms with van der Waals surface area (Å²) in [6, 6.07) is 3.62. The minimum Gasteiger partial charge on any atom is -0.387 e. The number of amides is 1. The minimum atomic E-state index is -0.0727. The van der Waals surface area contributed by atoms with E-state index in [1.165, 1.54) is 25.7 Å². The van der Waals surface area contributed by atoms with Crippen LogP contribution < -0.4 is 10.6 Å². The van der Waals surface area contributed by atoms with Crippen LogP contribution in [0.3, 0.4) is 0 Å². The van der Waals surface area contributed by atoms with Crippen molar-refractivity contribution in [3.63, 3.8) is 0 Å². The van der Waals surface area contributed by atoms with Crippen LogP contribution in [0.2, 0.25) is 0 Å². The van der Waals surface area contributed by atoms with Gasteiger partial charge in [0.05, 0.1) is 11.9 Å². The van der Waals surface area contributed by atoms with E-state index in [0.29, 0.717) is 5.69 Å². The van der Waals surface area contributed by atoms with Gasteiger partial charge in [0.15, 0.2) is 0 Å². The standard InChI is InChI=1S/C16H25N3O/c1-12-4-3-5-13(10-12)8-9-18-16(20)15-7-6-14(17-2)11-19-15/h6-7,11-13,17H,3-5,8-10H2,1-2H3,(H,18,20). The molecule has 20 heavy (non-hydrogen) atoms. The van der Waals surface area contributed by atoms with Crippen molar-refractivity contribution < 1.29 is 4.79 Å². The van der Waals surface area contributed by atoms with Crippen molar-refractivity contribution in [2.45, 2.75) is 39.0 Å². The summed E-state index contributed by atoms with van der Waals surface area (Å²) in [6.45, 7) is 3.09. The van der Waals surface area contributed by atoms with Crippen molar-refractivity contribution in [1.29, 1.82) is 0 Å². The third-order valence-electron chi connectivity index (χ3n) is 4.17. The van der Waals surface area contributed by atoms with Crippen LogP contribution in [0.25, 0.3) is 0 Å². The predicted molar refractivity (Wildman–Crippen MR) is 81.9 cm³/mol. The molecule has 1 aliphatic carbocycles. The average Bonchev–Trinajstić information content (AvgIpc) is 2.47. The van der Waals surface area contributed by atoms with Crippen molar-refractivity contribution in [1.82, 2.24) is 10.3 Å². The lowest BCUT2D eigenvalue weighted by Crippen LogP contribution is -2.27. The van der Waals surface area contributed by atoms with E-state index in [1.54, 1.807) is 12.3 Å². The molecule has 1 aliphatic rings. The number of nitrogens with zero attached hydrogens (tertiary/aromatic N) is 1. The van der Waals surface area contributed by atoms with Crippen LogP contribution in [0.1, 0.15) is 49.5 Å². The van der Waals surface area contributed by atoms with Crippen LogP contribution in [0, 0.1) is 11.8 Å². The number of pyridine rings is 1. The number of carbonyl (C=O) groups is 1. The molecule has 0 radical (unpaired) electrons. The zero-order valence-corrected chi connectivity index (χ0v) is 12.5. The summed E-state index contributed by atoms with van der Waals surface area (Å²) in [5.41, 5.74) is 1.40. The molecule has 1 aromatic rings. The van der Waals surface area contributed by atoms with Crippen LogP contribution in [-0.4, -0.2) is 24.5 Å². The Morgan fingerprint density at radius 3 is 2.90 bits per heavy atom. The highest BCUT2D eigenvalue weighted by Crippen LogP contribution is 2.30. The molecule has 1 amide bonds. The first kappa shape index (κ1) is 14.8. The molecule has 2 unspecified atom stereocenters. The SMILES string of the molecule is CNc1ccc(C(=O)NCCC2CCCC(C)C2)nc1. The van der Waals surface area contributed by atoms with E-state index in [9.17, 15) is 4.79 Å². The molecule has 0 aromatic carbocycles. The lowest BCUT2D eigenvalue weighted by atomic mass is 9.81. The third kappa shape index (κ3) is 4.22. The summed E-state index contributed by atoms with van der Waals surface area (Å²) < 4.78 is 0. The molecule has 2 atom stereocenters. The molecule has 4 heteroatoms. The Morgan fingerprint density at radius 1 is 1.40 bits per heavy atom. The molecule has 0 saturated heterocycles. The van der Waals surface area contributed by atoms with Gasteiger partial charge in [0.25, 0.3) is 5.91 Å². The molecule has 0 aliphatic heterocycles. The maximum atomic E-state index is 12.0. The Labute approximate surface area is 121 Å². The Hall–Kier alpha value is -1.58. The van der Waals surface area contributed by atoms with Crippen molar-refractivity contribution in [3.05, 3.63) is 24.0 Å². The summed E-state index contributed by atoms with van der Waals surface area (Å²) in [5.74, 6) is 1.55. The molecule has 2 rings (SSSR count). The predicted octanol–water partition coefficient (Wildman–Crippen LogP) is 3.07. The summed E-state index contributed by atoms with van der Waals surface area (Å²) in [5, 5.41) is 5.97. The van der Waals surface area contributed by atoms with Crippen LogP contribution in [0.4, 0.5) is 5.69 Å². The molecule has 0 spiro atoms. The average molecular weight is 275 g/mol. The van der Waals surface area contributed by atoms with E-state index < -0.39 is 0 Å². The van der Waals surface area contributed by atoms with E-state index >= 15 is 0 Å². The number of hydrogen-bond acceptors (Lipinski definition) is 3. The van der Waals surface area contributed by atoms with Crippen molar-refractivity contribution in [2.75, 3.05) is 18.9 Å². The van der Waals surface area contributed by atoms with Crippen molar-refractivity contribution >= 4 is 11.6 Å². The highest BCUT2D eigenvalue weighted by molar-refractivity contribution is 5.92. The molecule has 1 heterocycles. The monoisotopic (exact) mass is 275 g/mol. The molecule has 4 nitrogen and oxygen atoms in total. The smallest absolute Gasteiger partial charge is 0.269 e.